The van der Waals surface area contributed by atoms with Crippen LogP contribution in [0, 0.1) is 0 Å². The number of hydrogen-bond donors (Lipinski definition) is 2. The maximum Gasteiger partial charge on any atom is 0.378 e. The number of methoxy groups -OCH3 is 1. The summed E-state index contributed by atoms with van der Waals surface area (Å²) in [5.74, 6) is -0.268. The normalized spacial score (nSPS) is 11.8. The number of aromatic amines is 1. The van der Waals surface area contributed by atoms with E-state index >= 15 is 0 Å². The summed E-state index contributed by atoms with van der Waals surface area (Å²) in [6.45, 7) is 3.64. The van der Waals surface area contributed by atoms with Gasteiger partial charge in [0.2, 0.25) is 5.88 Å². The van der Waals surface area contributed by atoms with Crippen LogP contribution in [-0.2, 0) is 4.74 Å². The van der Waals surface area contributed by atoms with E-state index in [1.165, 1.54) is 13.2 Å². The summed E-state index contributed by atoms with van der Waals surface area (Å²) in [6.07, 6.45) is 0. The zero-order valence-electron chi connectivity index (χ0n) is 12.2. The van der Waals surface area contributed by atoms with Gasteiger partial charge in [-0.3, -0.25) is 9.89 Å². The van der Waals surface area contributed by atoms with Crippen LogP contribution in [0.2, 0.25) is 0 Å². The number of carbonyl (C=O) groups excluding carboxylic acids is 2. The summed E-state index contributed by atoms with van der Waals surface area (Å²) in [6, 6.07) is 1.08. The summed E-state index contributed by atoms with van der Waals surface area (Å²) >= 11 is 1.03. The molecule has 2 heterocycles. The first-order chi connectivity index (χ1) is 10.5. The lowest BCUT2D eigenvalue weighted by atomic mass is 10.3. The predicted octanol–water partition coefficient (Wildman–Crippen LogP) is 0.937. The molecule has 2 aromatic heterocycles. The molecule has 2 aromatic rings. The van der Waals surface area contributed by atoms with Crippen LogP contribution in [0.1, 0.15) is 46.0 Å². The van der Waals surface area contributed by atoms with Gasteiger partial charge in [0.05, 0.1) is 19.8 Å². The lowest BCUT2D eigenvalue weighted by Gasteiger charge is -2.09. The van der Waals surface area contributed by atoms with E-state index in [9.17, 15) is 9.59 Å². The Bertz CT molecular complexity index is 668. The SMILES string of the molecule is CCOC(=O)c1n[nH]c(C(C)NC(=O)c2cc(OC)ns2)n1. The fourth-order valence-corrected chi connectivity index (χ4v) is 2.16. The second kappa shape index (κ2) is 6.98. The third kappa shape index (κ3) is 3.58. The van der Waals surface area contributed by atoms with E-state index in [0.717, 1.165) is 11.5 Å². The summed E-state index contributed by atoms with van der Waals surface area (Å²) in [5, 5.41) is 9.09. The minimum Gasteiger partial charge on any atom is -0.480 e. The Morgan fingerprint density at radius 1 is 1.50 bits per heavy atom. The van der Waals surface area contributed by atoms with Gasteiger partial charge in [0.15, 0.2) is 0 Å². The second-order valence-electron chi connectivity index (χ2n) is 4.19. The topological polar surface area (TPSA) is 119 Å². The highest BCUT2D eigenvalue weighted by Gasteiger charge is 2.20. The molecule has 0 spiro atoms. The van der Waals surface area contributed by atoms with Crippen molar-refractivity contribution >= 4 is 23.4 Å². The number of esters is 1. The first-order valence-corrected chi connectivity index (χ1v) is 7.23. The van der Waals surface area contributed by atoms with Gasteiger partial charge < -0.3 is 14.8 Å². The lowest BCUT2D eigenvalue weighted by Crippen LogP contribution is -2.26. The molecule has 1 unspecified atom stereocenters. The minimum absolute atomic E-state index is 0.0718. The Balaban J connectivity index is 2.01. The van der Waals surface area contributed by atoms with E-state index in [4.69, 9.17) is 9.47 Å². The Morgan fingerprint density at radius 2 is 2.27 bits per heavy atom. The number of aromatic nitrogens is 4. The molecule has 0 aliphatic heterocycles. The minimum atomic E-state index is -0.615. The van der Waals surface area contributed by atoms with Gasteiger partial charge in [0.25, 0.3) is 11.7 Å². The largest absolute Gasteiger partial charge is 0.480 e. The van der Waals surface area contributed by atoms with Crippen molar-refractivity contribution in [1.29, 1.82) is 0 Å². The molecule has 0 saturated heterocycles. The molecule has 9 nitrogen and oxygen atoms in total. The number of rotatable bonds is 6. The zero-order valence-corrected chi connectivity index (χ0v) is 13.1. The molecular formula is C12H15N5O4S. The van der Waals surface area contributed by atoms with E-state index in [0.29, 0.717) is 16.6 Å². The molecule has 0 radical (unpaired) electrons. The van der Waals surface area contributed by atoms with Crippen molar-refractivity contribution in [3.8, 4) is 5.88 Å². The van der Waals surface area contributed by atoms with Crippen molar-refractivity contribution in [2.75, 3.05) is 13.7 Å². The van der Waals surface area contributed by atoms with Gasteiger partial charge in [-0.1, -0.05) is 0 Å². The van der Waals surface area contributed by atoms with Crippen LogP contribution >= 0.6 is 11.5 Å². The van der Waals surface area contributed by atoms with Crippen LogP contribution < -0.4 is 10.1 Å². The van der Waals surface area contributed by atoms with Crippen LogP contribution in [0.4, 0.5) is 0 Å². The summed E-state index contributed by atoms with van der Waals surface area (Å²) in [5.41, 5.74) is 0. The predicted molar refractivity (Wildman–Crippen MR) is 76.9 cm³/mol. The molecule has 0 aliphatic carbocycles. The average Bonchev–Trinajstić information content (AvgIpc) is 3.16. The zero-order chi connectivity index (χ0) is 16.1. The standard InChI is InChI=1S/C12H15N5O4S/c1-4-21-12(19)10-14-9(15-16-10)6(2)13-11(18)7-5-8(20-3)17-22-7/h5-6H,4H2,1-3H3,(H,13,18)(H,14,15,16). The van der Waals surface area contributed by atoms with E-state index in [2.05, 4.69) is 24.9 Å². The van der Waals surface area contributed by atoms with Crippen LogP contribution in [-0.4, -0.2) is 45.1 Å². The smallest absolute Gasteiger partial charge is 0.378 e. The second-order valence-corrected chi connectivity index (χ2v) is 5.00. The summed E-state index contributed by atoms with van der Waals surface area (Å²) in [7, 11) is 1.48. The third-order valence-electron chi connectivity index (χ3n) is 2.64. The van der Waals surface area contributed by atoms with E-state index < -0.39 is 12.0 Å². The number of nitrogens with zero attached hydrogens (tertiary/aromatic N) is 3. The Morgan fingerprint density at radius 3 is 2.91 bits per heavy atom. The first kappa shape index (κ1) is 15.9. The highest BCUT2D eigenvalue weighted by atomic mass is 32.1. The van der Waals surface area contributed by atoms with Crippen LogP contribution in [0.25, 0.3) is 0 Å². The summed E-state index contributed by atoms with van der Waals surface area (Å²) < 4.78 is 13.7. The number of hydrogen-bond acceptors (Lipinski definition) is 8. The van der Waals surface area contributed by atoms with Crippen molar-refractivity contribution in [2.45, 2.75) is 19.9 Å². The Kier molecular flexibility index (Phi) is 5.04. The van der Waals surface area contributed by atoms with E-state index in [1.807, 2.05) is 0 Å². The van der Waals surface area contributed by atoms with Crippen molar-refractivity contribution < 1.29 is 19.1 Å². The first-order valence-electron chi connectivity index (χ1n) is 6.46. The number of carbonyl (C=O) groups is 2. The van der Waals surface area contributed by atoms with Crippen LogP contribution in [0.5, 0.6) is 5.88 Å². The molecule has 0 aromatic carbocycles. The highest BCUT2D eigenvalue weighted by Crippen LogP contribution is 2.17. The van der Waals surface area contributed by atoms with Gasteiger partial charge in [-0.25, -0.2) is 9.78 Å². The number of nitrogens with one attached hydrogen (secondary N) is 2. The third-order valence-corrected chi connectivity index (χ3v) is 3.41. The Hall–Kier alpha value is -2.49. The van der Waals surface area contributed by atoms with Crippen molar-refractivity contribution in [3.05, 3.63) is 22.6 Å². The van der Waals surface area contributed by atoms with Crippen molar-refractivity contribution in [1.82, 2.24) is 24.9 Å². The highest BCUT2D eigenvalue weighted by molar-refractivity contribution is 7.08. The van der Waals surface area contributed by atoms with Gasteiger partial charge in [-0.15, -0.1) is 5.10 Å². The Labute approximate surface area is 130 Å². The molecule has 1 atom stereocenters. The van der Waals surface area contributed by atoms with Crippen molar-refractivity contribution in [2.24, 2.45) is 0 Å². The van der Waals surface area contributed by atoms with Crippen molar-refractivity contribution in [3.63, 3.8) is 0 Å². The molecule has 2 N–H and O–H groups in total. The number of ether oxygens (including phenoxy) is 2. The fraction of sp³-hybridized carbons (Fsp3) is 0.417. The van der Waals surface area contributed by atoms with E-state index in [-0.39, 0.29) is 18.3 Å². The van der Waals surface area contributed by atoms with Gasteiger partial charge in [0, 0.05) is 6.07 Å². The van der Waals surface area contributed by atoms with Gasteiger partial charge >= 0.3 is 5.97 Å². The molecule has 0 fully saturated rings. The maximum absolute atomic E-state index is 12.1. The van der Waals surface area contributed by atoms with Gasteiger partial charge in [0.1, 0.15) is 10.7 Å². The molecule has 0 saturated carbocycles. The summed E-state index contributed by atoms with van der Waals surface area (Å²) in [4.78, 5) is 28.0. The maximum atomic E-state index is 12.1. The van der Waals surface area contributed by atoms with Gasteiger partial charge in [-0.05, 0) is 25.4 Å². The monoisotopic (exact) mass is 325 g/mol. The van der Waals surface area contributed by atoms with Crippen LogP contribution in [0.3, 0.4) is 0 Å². The van der Waals surface area contributed by atoms with Gasteiger partial charge in [-0.2, -0.15) is 4.37 Å². The average molecular weight is 325 g/mol. The quantitative estimate of drug-likeness (QED) is 0.758. The van der Waals surface area contributed by atoms with E-state index in [1.54, 1.807) is 13.8 Å². The number of H-pyrrole nitrogens is 1. The fourth-order valence-electron chi connectivity index (χ4n) is 1.55. The molecule has 10 heteroatoms. The molecular weight excluding hydrogens is 310 g/mol. The molecule has 0 aliphatic rings. The number of amides is 1. The molecule has 2 rings (SSSR count). The van der Waals surface area contributed by atoms with Crippen LogP contribution in [0.15, 0.2) is 6.07 Å². The molecule has 118 valence electrons. The molecule has 0 bridgehead atoms. The lowest BCUT2D eigenvalue weighted by molar-refractivity contribution is 0.0512. The molecule has 22 heavy (non-hydrogen) atoms. The molecule has 1 amide bonds.